The van der Waals surface area contributed by atoms with E-state index < -0.39 is 0 Å². The first-order chi connectivity index (χ1) is 16.0. The van der Waals surface area contributed by atoms with Gasteiger partial charge in [0, 0.05) is 23.8 Å². The van der Waals surface area contributed by atoms with Gasteiger partial charge in [-0.1, -0.05) is 12.1 Å². The van der Waals surface area contributed by atoms with Crippen molar-refractivity contribution in [3.63, 3.8) is 0 Å². The number of ether oxygens (including phenoxy) is 5. The van der Waals surface area contributed by atoms with Gasteiger partial charge in [0.05, 0.1) is 37.9 Å². The normalized spacial score (nSPS) is 12.1. The maximum absolute atomic E-state index is 13.6. The molecule has 0 N–H and O–H groups in total. The van der Waals surface area contributed by atoms with Gasteiger partial charge in [0.25, 0.3) is 5.56 Å². The monoisotopic (exact) mass is 449 g/mol. The fourth-order valence-corrected chi connectivity index (χ4v) is 4.11. The van der Waals surface area contributed by atoms with Crippen molar-refractivity contribution in [2.45, 2.75) is 0 Å². The van der Waals surface area contributed by atoms with Crippen LogP contribution in [0.3, 0.4) is 0 Å². The number of fused-ring (bicyclic) bond motifs is 2. The molecule has 0 spiro atoms. The maximum atomic E-state index is 13.6. The predicted octanol–water partition coefficient (Wildman–Crippen LogP) is 4.55. The van der Waals surface area contributed by atoms with Gasteiger partial charge in [-0.2, -0.15) is 0 Å². The summed E-state index contributed by atoms with van der Waals surface area (Å²) in [5.74, 6) is 1.95. The zero-order valence-electron chi connectivity index (χ0n) is 18.2. The van der Waals surface area contributed by atoms with E-state index in [-0.39, 0.29) is 18.2 Å². The van der Waals surface area contributed by atoms with E-state index in [0.29, 0.717) is 56.5 Å². The molecule has 1 aliphatic rings. The van der Waals surface area contributed by atoms with Crippen LogP contribution in [0.1, 0.15) is 0 Å². The fourth-order valence-electron chi connectivity index (χ4n) is 4.11. The van der Waals surface area contributed by atoms with Crippen LogP contribution in [0, 0.1) is 5.82 Å². The van der Waals surface area contributed by atoms with Gasteiger partial charge < -0.3 is 23.7 Å². The molecule has 0 saturated carbocycles. The second kappa shape index (κ2) is 8.05. The van der Waals surface area contributed by atoms with E-state index in [1.54, 1.807) is 36.4 Å². The fraction of sp³-hybridized carbons (Fsp3) is 0.160. The SMILES string of the molecule is COc1cc2c(c(-c3ccc(F)cc3)cc(=O)n2-c2ccc3c(c2)OCO3)c(OC)c1OC. The van der Waals surface area contributed by atoms with Crippen LogP contribution in [0.25, 0.3) is 27.7 Å². The van der Waals surface area contributed by atoms with Gasteiger partial charge in [0.15, 0.2) is 23.0 Å². The highest BCUT2D eigenvalue weighted by atomic mass is 19.1. The lowest BCUT2D eigenvalue weighted by Gasteiger charge is -2.20. The zero-order valence-corrected chi connectivity index (χ0v) is 18.2. The van der Waals surface area contributed by atoms with Gasteiger partial charge >= 0.3 is 0 Å². The Labute approximate surface area is 188 Å². The number of nitrogens with zero attached hydrogens (tertiary/aromatic N) is 1. The Morgan fingerprint density at radius 2 is 1.58 bits per heavy atom. The molecule has 8 heteroatoms. The van der Waals surface area contributed by atoms with Gasteiger partial charge in [-0.05, 0) is 29.8 Å². The van der Waals surface area contributed by atoms with E-state index >= 15 is 0 Å². The third-order valence-electron chi connectivity index (χ3n) is 5.58. The van der Waals surface area contributed by atoms with Crippen molar-refractivity contribution in [1.29, 1.82) is 0 Å². The molecule has 1 aliphatic heterocycles. The molecule has 3 aromatic carbocycles. The Kier molecular flexibility index (Phi) is 5.05. The van der Waals surface area contributed by atoms with E-state index in [4.69, 9.17) is 23.7 Å². The van der Waals surface area contributed by atoms with Gasteiger partial charge in [-0.3, -0.25) is 9.36 Å². The molecule has 4 aromatic rings. The highest BCUT2D eigenvalue weighted by molar-refractivity contribution is 6.02. The highest BCUT2D eigenvalue weighted by Crippen LogP contribution is 2.47. The molecule has 0 saturated heterocycles. The second-order valence-corrected chi connectivity index (χ2v) is 7.32. The lowest BCUT2D eigenvalue weighted by atomic mass is 9.99. The number of pyridine rings is 1. The van der Waals surface area contributed by atoms with Gasteiger partial charge in [-0.15, -0.1) is 0 Å². The summed E-state index contributed by atoms with van der Waals surface area (Å²) in [6.45, 7) is 0.122. The van der Waals surface area contributed by atoms with Crippen LogP contribution >= 0.6 is 0 Å². The summed E-state index contributed by atoms with van der Waals surface area (Å²) in [5.41, 5.74) is 2.03. The number of aromatic nitrogens is 1. The molecule has 0 aliphatic carbocycles. The molecule has 0 amide bonds. The number of benzene rings is 3. The summed E-state index contributed by atoms with van der Waals surface area (Å²) in [6, 6.07) is 14.4. The van der Waals surface area contributed by atoms with Crippen molar-refractivity contribution in [1.82, 2.24) is 4.57 Å². The Balaban J connectivity index is 1.91. The van der Waals surface area contributed by atoms with E-state index in [1.807, 2.05) is 0 Å². The maximum Gasteiger partial charge on any atom is 0.256 e. The first kappa shape index (κ1) is 20.7. The van der Waals surface area contributed by atoms with Crippen LogP contribution in [-0.2, 0) is 0 Å². The second-order valence-electron chi connectivity index (χ2n) is 7.32. The van der Waals surface area contributed by atoms with Crippen molar-refractivity contribution in [3.8, 4) is 45.6 Å². The summed E-state index contributed by atoms with van der Waals surface area (Å²) in [5, 5.41) is 0.610. The Morgan fingerprint density at radius 1 is 0.848 bits per heavy atom. The molecule has 33 heavy (non-hydrogen) atoms. The zero-order chi connectivity index (χ0) is 23.1. The van der Waals surface area contributed by atoms with E-state index in [2.05, 4.69) is 0 Å². The van der Waals surface area contributed by atoms with Crippen LogP contribution in [-0.4, -0.2) is 32.7 Å². The predicted molar refractivity (Wildman–Crippen MR) is 121 cm³/mol. The third-order valence-corrected chi connectivity index (χ3v) is 5.58. The number of methoxy groups -OCH3 is 3. The number of rotatable bonds is 5. The Bertz CT molecular complexity index is 1430. The van der Waals surface area contributed by atoms with Crippen LogP contribution in [0.4, 0.5) is 4.39 Å². The topological polar surface area (TPSA) is 68.2 Å². The van der Waals surface area contributed by atoms with Gasteiger partial charge in [0.1, 0.15) is 5.82 Å². The molecule has 5 rings (SSSR count). The molecular formula is C25H20FNO6. The lowest BCUT2D eigenvalue weighted by molar-refractivity contribution is 0.174. The molecule has 0 unspecified atom stereocenters. The molecule has 0 fully saturated rings. The van der Waals surface area contributed by atoms with Crippen LogP contribution in [0.5, 0.6) is 28.7 Å². The number of hydrogen-bond donors (Lipinski definition) is 0. The standard InChI is InChI=1S/C25H20FNO6/c1-29-21-12-18-23(25(31-3)24(21)30-2)17(14-4-6-15(26)7-5-14)11-22(28)27(18)16-8-9-19-20(10-16)33-13-32-19/h4-12H,13H2,1-3H3. The van der Waals surface area contributed by atoms with E-state index in [1.165, 1.54) is 44.1 Å². The number of halogens is 1. The number of hydrogen-bond acceptors (Lipinski definition) is 6. The van der Waals surface area contributed by atoms with E-state index in [0.717, 1.165) is 0 Å². The first-order valence-corrected chi connectivity index (χ1v) is 10.1. The summed E-state index contributed by atoms with van der Waals surface area (Å²) in [7, 11) is 4.54. The average Bonchev–Trinajstić information content (AvgIpc) is 3.30. The lowest BCUT2D eigenvalue weighted by Crippen LogP contribution is -2.19. The molecule has 168 valence electrons. The van der Waals surface area contributed by atoms with Crippen molar-refractivity contribution in [3.05, 3.63) is 70.8 Å². The largest absolute Gasteiger partial charge is 0.493 e. The Hall–Kier alpha value is -4.20. The van der Waals surface area contributed by atoms with Crippen molar-refractivity contribution in [2.75, 3.05) is 28.1 Å². The molecule has 0 atom stereocenters. The van der Waals surface area contributed by atoms with Crippen molar-refractivity contribution >= 4 is 10.9 Å². The van der Waals surface area contributed by atoms with Crippen LogP contribution < -0.4 is 29.2 Å². The molecular weight excluding hydrogens is 429 g/mol. The first-order valence-electron chi connectivity index (χ1n) is 10.1. The Morgan fingerprint density at radius 3 is 2.27 bits per heavy atom. The molecule has 0 radical (unpaired) electrons. The van der Waals surface area contributed by atoms with Crippen molar-refractivity contribution in [2.24, 2.45) is 0 Å². The molecule has 1 aromatic heterocycles. The van der Waals surface area contributed by atoms with Gasteiger partial charge in [0.2, 0.25) is 12.5 Å². The third kappa shape index (κ3) is 3.31. The molecule has 0 bridgehead atoms. The van der Waals surface area contributed by atoms with Gasteiger partial charge in [-0.25, -0.2) is 4.39 Å². The minimum absolute atomic E-state index is 0.122. The summed E-state index contributed by atoms with van der Waals surface area (Å²) in [4.78, 5) is 13.5. The quantitative estimate of drug-likeness (QED) is 0.445. The molecule has 2 heterocycles. The van der Waals surface area contributed by atoms with Crippen LogP contribution in [0.15, 0.2) is 59.4 Å². The summed E-state index contributed by atoms with van der Waals surface area (Å²) >= 11 is 0. The smallest absolute Gasteiger partial charge is 0.256 e. The molecule has 7 nitrogen and oxygen atoms in total. The minimum Gasteiger partial charge on any atom is -0.493 e. The van der Waals surface area contributed by atoms with Crippen molar-refractivity contribution < 1.29 is 28.1 Å². The van der Waals surface area contributed by atoms with Crippen LogP contribution in [0.2, 0.25) is 0 Å². The highest BCUT2D eigenvalue weighted by Gasteiger charge is 2.24. The minimum atomic E-state index is -0.372. The van der Waals surface area contributed by atoms with E-state index in [9.17, 15) is 9.18 Å². The summed E-state index contributed by atoms with van der Waals surface area (Å²) < 4.78 is 42.9. The summed E-state index contributed by atoms with van der Waals surface area (Å²) in [6.07, 6.45) is 0. The average molecular weight is 449 g/mol.